The fraction of sp³-hybridized carbons (Fsp3) is 0.333. The highest BCUT2D eigenvalue weighted by atomic mass is 79.9. The van der Waals surface area contributed by atoms with E-state index in [0.717, 1.165) is 15.8 Å². The molecule has 0 heterocycles. The van der Waals surface area contributed by atoms with Gasteiger partial charge in [0.2, 0.25) is 0 Å². The molecular weight excluding hydrogens is 220 g/mol. The summed E-state index contributed by atoms with van der Waals surface area (Å²) < 4.78 is 5.89. The van der Waals surface area contributed by atoms with Gasteiger partial charge in [-0.1, -0.05) is 22.0 Å². The molecule has 0 saturated heterocycles. The van der Waals surface area contributed by atoms with Gasteiger partial charge < -0.3 is 9.84 Å². The quantitative estimate of drug-likeness (QED) is 0.847. The van der Waals surface area contributed by atoms with Gasteiger partial charge in [0, 0.05) is 4.47 Å². The summed E-state index contributed by atoms with van der Waals surface area (Å²) in [7, 11) is 1.61. The highest BCUT2D eigenvalue weighted by molar-refractivity contribution is 9.10. The van der Waals surface area contributed by atoms with Crippen LogP contribution in [0.1, 0.15) is 18.6 Å². The summed E-state index contributed by atoms with van der Waals surface area (Å²) >= 11 is 3.35. The summed E-state index contributed by atoms with van der Waals surface area (Å²) in [5, 5.41) is 9.30. The molecule has 0 aliphatic carbocycles. The molecule has 0 aliphatic heterocycles. The number of benzene rings is 1. The predicted molar refractivity (Wildman–Crippen MR) is 51.3 cm³/mol. The molecule has 12 heavy (non-hydrogen) atoms. The lowest BCUT2D eigenvalue weighted by molar-refractivity contribution is 0.198. The SMILES string of the molecule is COc1ccc([C@H](C)O)c(Br)c1. The van der Waals surface area contributed by atoms with E-state index in [9.17, 15) is 5.11 Å². The van der Waals surface area contributed by atoms with Gasteiger partial charge in [-0.15, -0.1) is 0 Å². The Balaban J connectivity index is 3.03. The Morgan fingerprint density at radius 1 is 1.50 bits per heavy atom. The molecule has 0 fully saturated rings. The van der Waals surface area contributed by atoms with Crippen LogP contribution in [0.5, 0.6) is 5.75 Å². The number of hydrogen-bond donors (Lipinski definition) is 1. The molecule has 1 rings (SSSR count). The molecule has 0 unspecified atom stereocenters. The fourth-order valence-corrected chi connectivity index (χ4v) is 1.66. The third-order valence-electron chi connectivity index (χ3n) is 1.66. The highest BCUT2D eigenvalue weighted by Gasteiger charge is 2.05. The van der Waals surface area contributed by atoms with E-state index in [1.54, 1.807) is 14.0 Å². The van der Waals surface area contributed by atoms with Gasteiger partial charge in [-0.05, 0) is 24.6 Å². The Hall–Kier alpha value is -0.540. The zero-order chi connectivity index (χ0) is 9.14. The second kappa shape index (κ2) is 3.92. The van der Waals surface area contributed by atoms with Crippen LogP contribution in [0.3, 0.4) is 0 Å². The first kappa shape index (κ1) is 9.55. The molecule has 0 radical (unpaired) electrons. The molecule has 3 heteroatoms. The number of hydrogen-bond acceptors (Lipinski definition) is 2. The number of rotatable bonds is 2. The predicted octanol–water partition coefficient (Wildman–Crippen LogP) is 2.51. The van der Waals surface area contributed by atoms with Crippen molar-refractivity contribution in [2.24, 2.45) is 0 Å². The van der Waals surface area contributed by atoms with E-state index in [1.807, 2.05) is 18.2 Å². The van der Waals surface area contributed by atoms with E-state index in [-0.39, 0.29) is 0 Å². The Kier molecular flexibility index (Phi) is 3.12. The fourth-order valence-electron chi connectivity index (χ4n) is 0.974. The molecule has 1 atom stereocenters. The van der Waals surface area contributed by atoms with Crippen molar-refractivity contribution in [2.45, 2.75) is 13.0 Å². The van der Waals surface area contributed by atoms with Crippen molar-refractivity contribution in [3.05, 3.63) is 28.2 Å². The molecule has 0 aromatic heterocycles. The van der Waals surface area contributed by atoms with Crippen molar-refractivity contribution in [1.82, 2.24) is 0 Å². The number of ether oxygens (including phenoxy) is 1. The second-order valence-electron chi connectivity index (χ2n) is 2.56. The molecule has 0 spiro atoms. The number of halogens is 1. The molecule has 0 aliphatic rings. The molecular formula is C9H11BrO2. The molecule has 1 N–H and O–H groups in total. The van der Waals surface area contributed by atoms with E-state index in [1.165, 1.54) is 0 Å². The Morgan fingerprint density at radius 3 is 2.58 bits per heavy atom. The van der Waals surface area contributed by atoms with Crippen molar-refractivity contribution in [2.75, 3.05) is 7.11 Å². The van der Waals surface area contributed by atoms with E-state index in [0.29, 0.717) is 0 Å². The molecule has 2 nitrogen and oxygen atoms in total. The first-order chi connectivity index (χ1) is 5.65. The largest absolute Gasteiger partial charge is 0.497 e. The maximum absolute atomic E-state index is 9.30. The zero-order valence-corrected chi connectivity index (χ0v) is 8.63. The third kappa shape index (κ3) is 1.99. The van der Waals surface area contributed by atoms with E-state index in [2.05, 4.69) is 15.9 Å². The molecule has 66 valence electrons. The van der Waals surface area contributed by atoms with Gasteiger partial charge in [-0.2, -0.15) is 0 Å². The topological polar surface area (TPSA) is 29.5 Å². The van der Waals surface area contributed by atoms with Crippen LogP contribution in [0.15, 0.2) is 22.7 Å². The van der Waals surface area contributed by atoms with E-state index >= 15 is 0 Å². The van der Waals surface area contributed by atoms with Gasteiger partial charge in [0.15, 0.2) is 0 Å². The number of methoxy groups -OCH3 is 1. The van der Waals surface area contributed by atoms with E-state index < -0.39 is 6.10 Å². The summed E-state index contributed by atoms with van der Waals surface area (Å²) in [6.07, 6.45) is -0.453. The second-order valence-corrected chi connectivity index (χ2v) is 3.42. The van der Waals surface area contributed by atoms with Crippen LogP contribution in [0, 0.1) is 0 Å². The van der Waals surface area contributed by atoms with Gasteiger partial charge >= 0.3 is 0 Å². The smallest absolute Gasteiger partial charge is 0.120 e. The lowest BCUT2D eigenvalue weighted by Gasteiger charge is -2.08. The van der Waals surface area contributed by atoms with Crippen LogP contribution < -0.4 is 4.74 Å². The summed E-state index contributed by atoms with van der Waals surface area (Å²) in [5.41, 5.74) is 0.871. The maximum atomic E-state index is 9.30. The normalized spacial score (nSPS) is 12.7. The maximum Gasteiger partial charge on any atom is 0.120 e. The summed E-state index contributed by atoms with van der Waals surface area (Å²) in [6.45, 7) is 1.73. The van der Waals surface area contributed by atoms with E-state index in [4.69, 9.17) is 4.74 Å². The minimum absolute atomic E-state index is 0.453. The average molecular weight is 231 g/mol. The van der Waals surface area contributed by atoms with Gasteiger partial charge in [0.25, 0.3) is 0 Å². The van der Waals surface area contributed by atoms with Crippen LogP contribution >= 0.6 is 15.9 Å². The third-order valence-corrected chi connectivity index (χ3v) is 2.34. The van der Waals surface area contributed by atoms with Gasteiger partial charge in [-0.25, -0.2) is 0 Å². The monoisotopic (exact) mass is 230 g/mol. The number of aliphatic hydroxyl groups excluding tert-OH is 1. The average Bonchev–Trinajstić information content (AvgIpc) is 2.03. The summed E-state index contributed by atoms with van der Waals surface area (Å²) in [4.78, 5) is 0. The molecule has 0 bridgehead atoms. The summed E-state index contributed by atoms with van der Waals surface area (Å²) in [5.74, 6) is 0.784. The van der Waals surface area contributed by atoms with Crippen molar-refractivity contribution in [3.8, 4) is 5.75 Å². The Labute approximate surface area is 80.3 Å². The minimum atomic E-state index is -0.453. The molecule has 1 aromatic carbocycles. The lowest BCUT2D eigenvalue weighted by Crippen LogP contribution is -1.93. The van der Waals surface area contributed by atoms with Gasteiger partial charge in [0.1, 0.15) is 5.75 Å². The molecule has 0 amide bonds. The highest BCUT2D eigenvalue weighted by Crippen LogP contribution is 2.27. The summed E-state index contributed by atoms with van der Waals surface area (Å²) in [6, 6.07) is 5.50. The van der Waals surface area contributed by atoms with Crippen LogP contribution in [-0.2, 0) is 0 Å². The first-order valence-corrected chi connectivity index (χ1v) is 4.46. The first-order valence-electron chi connectivity index (χ1n) is 3.66. The minimum Gasteiger partial charge on any atom is -0.497 e. The molecule has 0 saturated carbocycles. The van der Waals surface area contributed by atoms with Crippen molar-refractivity contribution in [1.29, 1.82) is 0 Å². The number of aliphatic hydroxyl groups is 1. The van der Waals surface area contributed by atoms with Crippen LogP contribution in [0.2, 0.25) is 0 Å². The zero-order valence-electron chi connectivity index (χ0n) is 7.04. The van der Waals surface area contributed by atoms with Crippen LogP contribution in [0.25, 0.3) is 0 Å². The standard InChI is InChI=1S/C9H11BrO2/c1-6(11)8-4-3-7(12-2)5-9(8)10/h3-6,11H,1-2H3/t6-/m0/s1. The van der Waals surface area contributed by atoms with Crippen molar-refractivity contribution in [3.63, 3.8) is 0 Å². The molecule has 1 aromatic rings. The Bertz CT molecular complexity index is 271. The van der Waals surface area contributed by atoms with Crippen molar-refractivity contribution >= 4 is 15.9 Å². The van der Waals surface area contributed by atoms with Crippen molar-refractivity contribution < 1.29 is 9.84 Å². The Morgan fingerprint density at radius 2 is 2.17 bits per heavy atom. The van der Waals surface area contributed by atoms with Gasteiger partial charge in [-0.3, -0.25) is 0 Å². The van der Waals surface area contributed by atoms with Gasteiger partial charge in [0.05, 0.1) is 13.2 Å². The van der Waals surface area contributed by atoms with Crippen LogP contribution in [0.4, 0.5) is 0 Å². The lowest BCUT2D eigenvalue weighted by atomic mass is 10.1. The van der Waals surface area contributed by atoms with Crippen LogP contribution in [-0.4, -0.2) is 12.2 Å².